The van der Waals surface area contributed by atoms with Gasteiger partial charge in [-0.05, 0) is 35.8 Å². The topological polar surface area (TPSA) is 9.23 Å². The Morgan fingerprint density at radius 2 is 1.63 bits per heavy atom. The molecule has 0 aliphatic heterocycles. The van der Waals surface area contributed by atoms with Gasteiger partial charge in [0.2, 0.25) is 0 Å². The quantitative estimate of drug-likeness (QED) is 0.629. The van der Waals surface area contributed by atoms with Gasteiger partial charge in [-0.25, -0.2) is 0 Å². The van der Waals surface area contributed by atoms with E-state index in [1.165, 1.54) is 24.0 Å². The predicted octanol–water partition coefficient (Wildman–Crippen LogP) is 5.49. The van der Waals surface area contributed by atoms with E-state index in [9.17, 15) is 0 Å². The molecule has 106 valence electrons. The molecular formula is C17H25BrO. The SMILES string of the molecule is CC(C)c1cccc(C(C)C)c1OCC1(CBr)CC1. The van der Waals surface area contributed by atoms with Crippen molar-refractivity contribution in [2.24, 2.45) is 5.41 Å². The van der Waals surface area contributed by atoms with Crippen molar-refractivity contribution < 1.29 is 4.74 Å². The number of alkyl halides is 1. The molecule has 1 fully saturated rings. The van der Waals surface area contributed by atoms with E-state index >= 15 is 0 Å². The zero-order valence-electron chi connectivity index (χ0n) is 12.5. The summed E-state index contributed by atoms with van der Waals surface area (Å²) in [6.07, 6.45) is 2.58. The second-order valence-electron chi connectivity index (χ2n) is 6.50. The molecule has 2 rings (SSSR count). The van der Waals surface area contributed by atoms with E-state index < -0.39 is 0 Å². The Kier molecular flexibility index (Phi) is 4.60. The van der Waals surface area contributed by atoms with Crippen molar-refractivity contribution in [3.63, 3.8) is 0 Å². The molecule has 1 aromatic rings. The molecule has 1 aliphatic carbocycles. The molecule has 19 heavy (non-hydrogen) atoms. The first-order chi connectivity index (χ1) is 8.99. The van der Waals surface area contributed by atoms with E-state index in [2.05, 4.69) is 61.8 Å². The van der Waals surface area contributed by atoms with Crippen molar-refractivity contribution in [2.45, 2.75) is 52.4 Å². The van der Waals surface area contributed by atoms with E-state index in [1.807, 2.05) is 0 Å². The van der Waals surface area contributed by atoms with Crippen LogP contribution >= 0.6 is 15.9 Å². The molecule has 1 nitrogen and oxygen atoms in total. The Bertz CT molecular complexity index is 407. The fourth-order valence-corrected chi connectivity index (χ4v) is 3.09. The van der Waals surface area contributed by atoms with E-state index in [1.54, 1.807) is 0 Å². The molecule has 0 radical (unpaired) electrons. The van der Waals surface area contributed by atoms with Crippen molar-refractivity contribution in [2.75, 3.05) is 11.9 Å². The second kappa shape index (κ2) is 5.87. The lowest BCUT2D eigenvalue weighted by atomic mass is 9.94. The molecule has 2 heteroatoms. The van der Waals surface area contributed by atoms with Gasteiger partial charge >= 0.3 is 0 Å². The minimum absolute atomic E-state index is 0.401. The number of halogens is 1. The molecule has 1 aromatic carbocycles. The third-order valence-corrected chi connectivity index (χ3v) is 5.27. The summed E-state index contributed by atoms with van der Waals surface area (Å²) in [4.78, 5) is 0. The van der Waals surface area contributed by atoms with Crippen molar-refractivity contribution in [3.05, 3.63) is 29.3 Å². The summed E-state index contributed by atoms with van der Waals surface area (Å²) in [5.41, 5.74) is 3.09. The highest BCUT2D eigenvalue weighted by Gasteiger charge is 2.42. The van der Waals surface area contributed by atoms with Crippen LogP contribution in [0.4, 0.5) is 0 Å². The molecule has 0 heterocycles. The van der Waals surface area contributed by atoms with Gasteiger partial charge in [0.05, 0.1) is 6.61 Å². The van der Waals surface area contributed by atoms with Gasteiger partial charge in [-0.3, -0.25) is 0 Å². The highest BCUT2D eigenvalue weighted by Crippen LogP contribution is 2.48. The lowest BCUT2D eigenvalue weighted by molar-refractivity contribution is 0.245. The molecule has 0 aromatic heterocycles. The van der Waals surface area contributed by atoms with Crippen LogP contribution in [-0.2, 0) is 0 Å². The molecule has 0 saturated heterocycles. The first-order valence-corrected chi connectivity index (χ1v) is 8.43. The van der Waals surface area contributed by atoms with E-state index in [-0.39, 0.29) is 0 Å². The number of benzene rings is 1. The van der Waals surface area contributed by atoms with Crippen molar-refractivity contribution in [1.29, 1.82) is 0 Å². The van der Waals surface area contributed by atoms with Crippen LogP contribution in [0.15, 0.2) is 18.2 Å². The smallest absolute Gasteiger partial charge is 0.126 e. The van der Waals surface area contributed by atoms with Crippen LogP contribution in [-0.4, -0.2) is 11.9 Å². The lowest BCUT2D eigenvalue weighted by Gasteiger charge is -2.22. The van der Waals surface area contributed by atoms with Gasteiger partial charge in [-0.1, -0.05) is 61.8 Å². The van der Waals surface area contributed by atoms with Crippen LogP contribution in [0, 0.1) is 5.41 Å². The Balaban J connectivity index is 2.24. The van der Waals surface area contributed by atoms with Gasteiger partial charge in [0.15, 0.2) is 0 Å². The largest absolute Gasteiger partial charge is 0.492 e. The number of hydrogen-bond acceptors (Lipinski definition) is 1. The predicted molar refractivity (Wildman–Crippen MR) is 85.6 cm³/mol. The normalized spacial score (nSPS) is 17.0. The number of hydrogen-bond donors (Lipinski definition) is 0. The van der Waals surface area contributed by atoms with Crippen molar-refractivity contribution in [3.8, 4) is 5.75 Å². The van der Waals surface area contributed by atoms with Gasteiger partial charge in [-0.2, -0.15) is 0 Å². The molecule has 0 amide bonds. The Morgan fingerprint density at radius 1 is 1.11 bits per heavy atom. The summed E-state index contributed by atoms with van der Waals surface area (Å²) in [5.74, 6) is 2.15. The zero-order chi connectivity index (χ0) is 14.0. The minimum atomic E-state index is 0.401. The standard InChI is InChI=1S/C17H25BrO/c1-12(2)14-6-5-7-15(13(3)4)16(14)19-11-17(10-18)8-9-17/h5-7,12-13H,8-11H2,1-4H3. The molecule has 0 atom stereocenters. The molecule has 0 N–H and O–H groups in total. The third kappa shape index (κ3) is 3.34. The third-order valence-electron chi connectivity index (χ3n) is 4.08. The van der Waals surface area contributed by atoms with Gasteiger partial charge in [0, 0.05) is 10.7 Å². The van der Waals surface area contributed by atoms with Gasteiger partial charge in [0.1, 0.15) is 5.75 Å². The summed E-state index contributed by atoms with van der Waals surface area (Å²) < 4.78 is 6.28. The summed E-state index contributed by atoms with van der Waals surface area (Å²) in [6, 6.07) is 6.58. The average Bonchev–Trinajstić information content (AvgIpc) is 3.16. The van der Waals surface area contributed by atoms with Crippen LogP contribution in [0.5, 0.6) is 5.75 Å². The minimum Gasteiger partial charge on any atom is -0.492 e. The highest BCUT2D eigenvalue weighted by atomic mass is 79.9. The first-order valence-electron chi connectivity index (χ1n) is 7.31. The van der Waals surface area contributed by atoms with Crippen LogP contribution in [0.1, 0.15) is 63.5 Å². The number of ether oxygens (including phenoxy) is 1. The van der Waals surface area contributed by atoms with Gasteiger partial charge in [0.25, 0.3) is 0 Å². The van der Waals surface area contributed by atoms with E-state index in [4.69, 9.17) is 4.74 Å². The molecule has 0 unspecified atom stereocenters. The Labute approximate surface area is 125 Å². The number of rotatable bonds is 6. The second-order valence-corrected chi connectivity index (χ2v) is 7.06. The number of para-hydroxylation sites is 1. The summed E-state index contributed by atoms with van der Waals surface area (Å²) in [5, 5.41) is 1.06. The highest BCUT2D eigenvalue weighted by molar-refractivity contribution is 9.09. The fraction of sp³-hybridized carbons (Fsp3) is 0.647. The van der Waals surface area contributed by atoms with Crippen LogP contribution in [0.3, 0.4) is 0 Å². The fourth-order valence-electron chi connectivity index (χ4n) is 2.37. The molecule has 0 bridgehead atoms. The first kappa shape index (κ1) is 14.9. The van der Waals surface area contributed by atoms with E-state index in [0.29, 0.717) is 17.3 Å². The average molecular weight is 325 g/mol. The van der Waals surface area contributed by atoms with Gasteiger partial charge in [-0.15, -0.1) is 0 Å². The van der Waals surface area contributed by atoms with Crippen molar-refractivity contribution >= 4 is 15.9 Å². The summed E-state index contributed by atoms with van der Waals surface area (Å²) in [7, 11) is 0. The van der Waals surface area contributed by atoms with Crippen LogP contribution in [0.25, 0.3) is 0 Å². The van der Waals surface area contributed by atoms with Crippen LogP contribution < -0.4 is 4.74 Å². The Morgan fingerprint density at radius 3 is 2.00 bits per heavy atom. The summed E-state index contributed by atoms with van der Waals surface area (Å²) in [6.45, 7) is 9.81. The summed E-state index contributed by atoms with van der Waals surface area (Å²) >= 11 is 3.62. The van der Waals surface area contributed by atoms with Crippen LogP contribution in [0.2, 0.25) is 0 Å². The van der Waals surface area contributed by atoms with E-state index in [0.717, 1.165) is 17.7 Å². The maximum atomic E-state index is 6.28. The molecular weight excluding hydrogens is 300 g/mol. The maximum absolute atomic E-state index is 6.28. The van der Waals surface area contributed by atoms with Crippen molar-refractivity contribution in [1.82, 2.24) is 0 Å². The Hall–Kier alpha value is -0.500. The maximum Gasteiger partial charge on any atom is 0.126 e. The zero-order valence-corrected chi connectivity index (χ0v) is 14.1. The molecule has 0 spiro atoms. The monoisotopic (exact) mass is 324 g/mol. The van der Waals surface area contributed by atoms with Gasteiger partial charge < -0.3 is 4.74 Å². The molecule has 1 saturated carbocycles. The lowest BCUT2D eigenvalue weighted by Crippen LogP contribution is -2.16. The molecule has 1 aliphatic rings.